The third-order valence-electron chi connectivity index (χ3n) is 4.26. The van der Waals surface area contributed by atoms with Gasteiger partial charge in [0.25, 0.3) is 0 Å². The zero-order valence-electron chi connectivity index (χ0n) is 13.7. The van der Waals surface area contributed by atoms with Crippen LogP contribution in [0.4, 0.5) is 5.69 Å². The number of aromatic nitrogens is 1. The molecule has 0 bridgehead atoms. The van der Waals surface area contributed by atoms with Crippen molar-refractivity contribution in [3.63, 3.8) is 0 Å². The topological polar surface area (TPSA) is 62.3 Å². The summed E-state index contributed by atoms with van der Waals surface area (Å²) in [5, 5.41) is 2.87. The first-order valence-corrected chi connectivity index (χ1v) is 8.24. The van der Waals surface area contributed by atoms with E-state index in [1.807, 2.05) is 55.5 Å². The van der Waals surface area contributed by atoms with Gasteiger partial charge in [0.05, 0.1) is 24.1 Å². The van der Waals surface area contributed by atoms with Crippen molar-refractivity contribution in [1.82, 2.24) is 10.3 Å². The van der Waals surface area contributed by atoms with Crippen molar-refractivity contribution in [2.45, 2.75) is 19.9 Å². The molecule has 2 unspecified atom stereocenters. The second-order valence-corrected chi connectivity index (χ2v) is 5.91. The summed E-state index contributed by atoms with van der Waals surface area (Å²) < 4.78 is 0. The Morgan fingerprint density at radius 2 is 1.88 bits per heavy atom. The van der Waals surface area contributed by atoms with Crippen LogP contribution in [0.25, 0.3) is 0 Å². The predicted molar refractivity (Wildman–Crippen MR) is 92.1 cm³/mol. The van der Waals surface area contributed by atoms with Gasteiger partial charge in [-0.25, -0.2) is 0 Å². The molecule has 2 atom stereocenters. The number of nitrogens with one attached hydrogen (secondary N) is 1. The minimum Gasteiger partial charge on any atom is -0.350 e. The summed E-state index contributed by atoms with van der Waals surface area (Å²) in [5.41, 5.74) is 1.69. The molecule has 1 saturated carbocycles. The summed E-state index contributed by atoms with van der Waals surface area (Å²) in [6.45, 7) is 2.94. The molecule has 124 valence electrons. The number of hydrogen-bond acceptors (Lipinski definition) is 3. The highest BCUT2D eigenvalue weighted by atomic mass is 16.2. The Labute approximate surface area is 141 Å². The minimum atomic E-state index is -0.223. The van der Waals surface area contributed by atoms with E-state index < -0.39 is 0 Å². The molecular weight excluding hydrogens is 302 g/mol. The molecule has 1 aliphatic carbocycles. The van der Waals surface area contributed by atoms with Crippen LogP contribution >= 0.6 is 0 Å². The van der Waals surface area contributed by atoms with Crippen molar-refractivity contribution in [3.8, 4) is 0 Å². The SMILES string of the molecule is CCN(C(=O)C1CC1C(=O)NCc1ccccn1)c1ccccc1. The second kappa shape index (κ2) is 7.25. The molecule has 1 aromatic carbocycles. The van der Waals surface area contributed by atoms with Crippen molar-refractivity contribution in [2.24, 2.45) is 11.8 Å². The molecule has 1 N–H and O–H groups in total. The molecule has 0 spiro atoms. The zero-order chi connectivity index (χ0) is 16.9. The van der Waals surface area contributed by atoms with Gasteiger partial charge in [-0.1, -0.05) is 24.3 Å². The maximum atomic E-state index is 12.7. The molecule has 0 saturated heterocycles. The van der Waals surface area contributed by atoms with Gasteiger partial charge in [-0.2, -0.15) is 0 Å². The quantitative estimate of drug-likeness (QED) is 0.888. The van der Waals surface area contributed by atoms with Gasteiger partial charge in [0, 0.05) is 18.4 Å². The number of carbonyl (C=O) groups is 2. The lowest BCUT2D eigenvalue weighted by Crippen LogP contribution is -2.34. The molecular formula is C19H21N3O2. The number of amides is 2. The molecule has 1 fully saturated rings. The van der Waals surface area contributed by atoms with E-state index in [1.165, 1.54) is 0 Å². The summed E-state index contributed by atoms with van der Waals surface area (Å²) in [4.78, 5) is 30.8. The Kier molecular flexibility index (Phi) is 4.89. The first-order chi connectivity index (χ1) is 11.7. The molecule has 2 aromatic rings. The van der Waals surface area contributed by atoms with Crippen molar-refractivity contribution in [3.05, 3.63) is 60.4 Å². The van der Waals surface area contributed by atoms with Crippen LogP contribution in [-0.2, 0) is 16.1 Å². The molecule has 1 aliphatic rings. The first kappa shape index (κ1) is 16.2. The van der Waals surface area contributed by atoms with Gasteiger partial charge in [-0.15, -0.1) is 0 Å². The normalized spacial score (nSPS) is 18.7. The van der Waals surface area contributed by atoms with E-state index in [2.05, 4.69) is 10.3 Å². The Morgan fingerprint density at radius 3 is 2.54 bits per heavy atom. The van der Waals surface area contributed by atoms with Crippen LogP contribution in [0.3, 0.4) is 0 Å². The number of benzene rings is 1. The second-order valence-electron chi connectivity index (χ2n) is 5.91. The molecule has 0 radical (unpaired) electrons. The minimum absolute atomic E-state index is 0.0293. The summed E-state index contributed by atoms with van der Waals surface area (Å²) >= 11 is 0. The molecule has 5 heteroatoms. The predicted octanol–water partition coefficient (Wildman–Crippen LogP) is 2.39. The van der Waals surface area contributed by atoms with Gasteiger partial charge in [0.15, 0.2) is 0 Å². The van der Waals surface area contributed by atoms with E-state index in [0.717, 1.165) is 11.4 Å². The molecule has 1 heterocycles. The van der Waals surface area contributed by atoms with Crippen LogP contribution in [-0.4, -0.2) is 23.3 Å². The van der Waals surface area contributed by atoms with Crippen LogP contribution < -0.4 is 10.2 Å². The number of para-hydroxylation sites is 1. The van der Waals surface area contributed by atoms with Gasteiger partial charge < -0.3 is 10.2 Å². The zero-order valence-corrected chi connectivity index (χ0v) is 13.7. The molecule has 5 nitrogen and oxygen atoms in total. The van der Waals surface area contributed by atoms with Crippen LogP contribution in [0.1, 0.15) is 19.0 Å². The fraction of sp³-hybridized carbons (Fsp3) is 0.316. The van der Waals surface area contributed by atoms with Gasteiger partial charge >= 0.3 is 0 Å². The van der Waals surface area contributed by atoms with Crippen molar-refractivity contribution >= 4 is 17.5 Å². The van der Waals surface area contributed by atoms with Crippen LogP contribution in [0, 0.1) is 11.8 Å². The van der Waals surface area contributed by atoms with E-state index in [-0.39, 0.29) is 23.7 Å². The molecule has 24 heavy (non-hydrogen) atoms. The lowest BCUT2D eigenvalue weighted by molar-refractivity contribution is -0.126. The third kappa shape index (κ3) is 3.62. The number of anilines is 1. The summed E-state index contributed by atoms with van der Waals surface area (Å²) in [7, 11) is 0. The van der Waals surface area contributed by atoms with E-state index in [4.69, 9.17) is 0 Å². The highest BCUT2D eigenvalue weighted by molar-refractivity contribution is 6.01. The number of carbonyl (C=O) groups excluding carboxylic acids is 2. The Morgan fingerprint density at radius 1 is 1.12 bits per heavy atom. The van der Waals surface area contributed by atoms with Gasteiger partial charge in [-0.05, 0) is 37.6 Å². The molecule has 1 aromatic heterocycles. The fourth-order valence-corrected chi connectivity index (χ4v) is 2.84. The number of nitrogens with zero attached hydrogens (tertiary/aromatic N) is 2. The molecule has 2 amide bonds. The summed E-state index contributed by atoms with van der Waals surface area (Å²) in [6.07, 6.45) is 2.32. The Bertz CT molecular complexity index is 703. The van der Waals surface area contributed by atoms with Crippen LogP contribution in [0.15, 0.2) is 54.7 Å². The van der Waals surface area contributed by atoms with E-state index in [0.29, 0.717) is 19.5 Å². The number of pyridine rings is 1. The average molecular weight is 323 g/mol. The highest BCUT2D eigenvalue weighted by Crippen LogP contribution is 2.41. The molecule has 0 aliphatic heterocycles. The fourth-order valence-electron chi connectivity index (χ4n) is 2.84. The van der Waals surface area contributed by atoms with Crippen molar-refractivity contribution in [2.75, 3.05) is 11.4 Å². The number of rotatable bonds is 6. The van der Waals surface area contributed by atoms with Crippen molar-refractivity contribution in [1.29, 1.82) is 0 Å². The lowest BCUT2D eigenvalue weighted by atomic mass is 10.2. The first-order valence-electron chi connectivity index (χ1n) is 8.24. The Hall–Kier alpha value is -2.69. The van der Waals surface area contributed by atoms with E-state index in [1.54, 1.807) is 11.1 Å². The summed E-state index contributed by atoms with van der Waals surface area (Å²) in [5.74, 6) is -0.474. The monoisotopic (exact) mass is 323 g/mol. The maximum absolute atomic E-state index is 12.7. The Balaban J connectivity index is 1.55. The van der Waals surface area contributed by atoms with Gasteiger partial charge in [-0.3, -0.25) is 14.6 Å². The van der Waals surface area contributed by atoms with Gasteiger partial charge in [0.2, 0.25) is 11.8 Å². The maximum Gasteiger partial charge on any atom is 0.230 e. The highest BCUT2D eigenvalue weighted by Gasteiger charge is 2.49. The molecule has 3 rings (SSSR count). The van der Waals surface area contributed by atoms with Crippen LogP contribution in [0.2, 0.25) is 0 Å². The number of hydrogen-bond donors (Lipinski definition) is 1. The van der Waals surface area contributed by atoms with Crippen molar-refractivity contribution < 1.29 is 9.59 Å². The standard InChI is InChI=1S/C19H21N3O2/c1-2-22(15-9-4-3-5-10-15)19(24)17-12-16(17)18(23)21-13-14-8-6-7-11-20-14/h3-11,16-17H,2,12-13H2,1H3,(H,21,23). The van der Waals surface area contributed by atoms with Crippen LogP contribution in [0.5, 0.6) is 0 Å². The van der Waals surface area contributed by atoms with Gasteiger partial charge in [0.1, 0.15) is 0 Å². The average Bonchev–Trinajstić information content (AvgIpc) is 3.43. The largest absolute Gasteiger partial charge is 0.350 e. The van der Waals surface area contributed by atoms with E-state index in [9.17, 15) is 9.59 Å². The third-order valence-corrected chi connectivity index (χ3v) is 4.26. The smallest absolute Gasteiger partial charge is 0.230 e. The summed E-state index contributed by atoms with van der Waals surface area (Å²) in [6, 6.07) is 15.2. The van der Waals surface area contributed by atoms with E-state index >= 15 is 0 Å². The lowest BCUT2D eigenvalue weighted by Gasteiger charge is -2.21.